The Bertz CT molecular complexity index is 377. The van der Waals surface area contributed by atoms with Crippen LogP contribution in [0.15, 0.2) is 28.7 Å². The fourth-order valence-electron chi connectivity index (χ4n) is 1.10. The number of amides is 1. The van der Waals surface area contributed by atoms with Crippen LogP contribution < -0.4 is 5.32 Å². The summed E-state index contributed by atoms with van der Waals surface area (Å²) in [7, 11) is 0. The van der Waals surface area contributed by atoms with Crippen molar-refractivity contribution in [2.24, 2.45) is 0 Å². The first-order chi connectivity index (χ1) is 7.09. The molecule has 0 aliphatic carbocycles. The van der Waals surface area contributed by atoms with Crippen LogP contribution in [0.1, 0.15) is 12.5 Å². The molecule has 0 aromatic heterocycles. The minimum absolute atomic E-state index is 0.0459. The summed E-state index contributed by atoms with van der Waals surface area (Å²) >= 11 is 3.36. The van der Waals surface area contributed by atoms with E-state index in [0.29, 0.717) is 0 Å². The van der Waals surface area contributed by atoms with Crippen molar-refractivity contribution >= 4 is 27.6 Å². The van der Waals surface area contributed by atoms with Crippen molar-refractivity contribution in [3.8, 4) is 0 Å². The molecule has 1 aromatic rings. The van der Waals surface area contributed by atoms with Gasteiger partial charge in [-0.25, -0.2) is 0 Å². The fourth-order valence-corrected chi connectivity index (χ4v) is 1.53. The number of carbonyl (C=O) groups is 2. The van der Waals surface area contributed by atoms with Crippen LogP contribution in [0, 0.1) is 0 Å². The molecule has 0 aliphatic rings. The maximum absolute atomic E-state index is 11.4. The maximum Gasteiger partial charge on any atom is 0.224 e. The summed E-state index contributed by atoms with van der Waals surface area (Å²) in [6, 6.07) is 7.52. The van der Waals surface area contributed by atoms with Crippen LogP contribution >= 0.6 is 15.9 Å². The predicted octanol–water partition coefficient (Wildman–Crippen LogP) is 1.70. The Morgan fingerprint density at radius 2 is 2.00 bits per heavy atom. The van der Waals surface area contributed by atoms with E-state index in [9.17, 15) is 9.59 Å². The average Bonchev–Trinajstić information content (AvgIpc) is 2.18. The second-order valence-corrected chi connectivity index (χ2v) is 4.10. The van der Waals surface area contributed by atoms with Gasteiger partial charge in [-0.15, -0.1) is 0 Å². The number of hydrogen-bond donors (Lipinski definition) is 1. The van der Waals surface area contributed by atoms with Crippen LogP contribution in [0.2, 0.25) is 0 Å². The molecule has 3 nitrogen and oxygen atoms in total. The molecule has 15 heavy (non-hydrogen) atoms. The second kappa shape index (κ2) is 5.66. The molecule has 4 heteroatoms. The molecule has 0 bridgehead atoms. The van der Waals surface area contributed by atoms with Crippen molar-refractivity contribution in [2.75, 3.05) is 6.54 Å². The van der Waals surface area contributed by atoms with E-state index in [2.05, 4.69) is 21.2 Å². The Labute approximate surface area is 97.0 Å². The molecular formula is C11H12BrNO2. The standard InChI is InChI=1S/C11H12BrNO2/c1-8(14)7-13-11(15)6-9-4-2-3-5-10(9)12/h2-5H,6-7H2,1H3,(H,13,15). The summed E-state index contributed by atoms with van der Waals surface area (Å²) in [6.07, 6.45) is 0.286. The maximum atomic E-state index is 11.4. The lowest BCUT2D eigenvalue weighted by Crippen LogP contribution is -2.29. The topological polar surface area (TPSA) is 46.2 Å². The van der Waals surface area contributed by atoms with Gasteiger partial charge in [0.2, 0.25) is 5.91 Å². The van der Waals surface area contributed by atoms with Crippen molar-refractivity contribution in [1.29, 1.82) is 0 Å². The van der Waals surface area contributed by atoms with Gasteiger partial charge >= 0.3 is 0 Å². The van der Waals surface area contributed by atoms with E-state index in [1.54, 1.807) is 0 Å². The molecule has 0 spiro atoms. The number of nitrogens with one attached hydrogen (secondary N) is 1. The third-order valence-electron chi connectivity index (χ3n) is 1.84. The molecule has 0 radical (unpaired) electrons. The zero-order valence-corrected chi connectivity index (χ0v) is 10.0. The molecule has 0 saturated carbocycles. The van der Waals surface area contributed by atoms with Crippen LogP contribution in [0.3, 0.4) is 0 Å². The van der Waals surface area contributed by atoms with Crippen LogP contribution in [-0.2, 0) is 16.0 Å². The molecule has 1 rings (SSSR count). The van der Waals surface area contributed by atoms with Crippen LogP contribution in [-0.4, -0.2) is 18.2 Å². The molecule has 0 atom stereocenters. The van der Waals surface area contributed by atoms with Gasteiger partial charge in [0.25, 0.3) is 0 Å². The lowest BCUT2D eigenvalue weighted by Gasteiger charge is -2.04. The molecule has 0 aliphatic heterocycles. The van der Waals surface area contributed by atoms with Gasteiger partial charge in [0.1, 0.15) is 5.78 Å². The van der Waals surface area contributed by atoms with E-state index >= 15 is 0 Å². The van der Waals surface area contributed by atoms with E-state index in [4.69, 9.17) is 0 Å². The lowest BCUT2D eigenvalue weighted by atomic mass is 10.1. The molecule has 1 amide bonds. The highest BCUT2D eigenvalue weighted by molar-refractivity contribution is 9.10. The Kier molecular flexibility index (Phi) is 4.49. The van der Waals surface area contributed by atoms with Crippen molar-refractivity contribution in [1.82, 2.24) is 5.32 Å². The minimum Gasteiger partial charge on any atom is -0.349 e. The smallest absolute Gasteiger partial charge is 0.224 e. The summed E-state index contributed by atoms with van der Waals surface area (Å²) in [5, 5.41) is 2.55. The molecular weight excluding hydrogens is 258 g/mol. The number of benzene rings is 1. The quantitative estimate of drug-likeness (QED) is 0.905. The van der Waals surface area contributed by atoms with E-state index in [1.807, 2.05) is 24.3 Å². The van der Waals surface area contributed by atoms with Crippen molar-refractivity contribution in [2.45, 2.75) is 13.3 Å². The second-order valence-electron chi connectivity index (χ2n) is 3.25. The molecule has 0 saturated heterocycles. The average molecular weight is 270 g/mol. The van der Waals surface area contributed by atoms with Gasteiger partial charge in [0, 0.05) is 4.47 Å². The van der Waals surface area contributed by atoms with E-state index in [1.165, 1.54) is 6.92 Å². The summed E-state index contributed by atoms with van der Waals surface area (Å²) in [5.41, 5.74) is 0.915. The molecule has 1 aromatic carbocycles. The van der Waals surface area contributed by atoms with Crippen molar-refractivity contribution in [3.63, 3.8) is 0 Å². The molecule has 0 heterocycles. The fraction of sp³-hybridized carbons (Fsp3) is 0.273. The van der Waals surface area contributed by atoms with Gasteiger partial charge in [-0.05, 0) is 18.6 Å². The molecule has 0 fully saturated rings. The van der Waals surface area contributed by atoms with Crippen molar-refractivity contribution < 1.29 is 9.59 Å². The highest BCUT2D eigenvalue weighted by Gasteiger charge is 2.06. The Morgan fingerprint density at radius 1 is 1.33 bits per heavy atom. The number of hydrogen-bond acceptors (Lipinski definition) is 2. The van der Waals surface area contributed by atoms with Crippen LogP contribution in [0.25, 0.3) is 0 Å². The van der Waals surface area contributed by atoms with Gasteiger partial charge < -0.3 is 5.32 Å². The van der Waals surface area contributed by atoms with Gasteiger partial charge in [0.05, 0.1) is 13.0 Å². The Balaban J connectivity index is 2.52. The SMILES string of the molecule is CC(=O)CNC(=O)Cc1ccccc1Br. The van der Waals surface area contributed by atoms with Crippen LogP contribution in [0.5, 0.6) is 0 Å². The summed E-state index contributed by atoms with van der Waals surface area (Å²) in [5.74, 6) is -0.187. The van der Waals surface area contributed by atoms with Gasteiger partial charge in [0.15, 0.2) is 0 Å². The predicted molar refractivity (Wildman–Crippen MR) is 61.5 cm³/mol. The lowest BCUT2D eigenvalue weighted by molar-refractivity contribution is -0.124. The highest BCUT2D eigenvalue weighted by Crippen LogP contribution is 2.15. The van der Waals surface area contributed by atoms with Gasteiger partial charge in [-0.2, -0.15) is 0 Å². The van der Waals surface area contributed by atoms with Gasteiger partial charge in [-0.3, -0.25) is 9.59 Å². The molecule has 80 valence electrons. The zero-order chi connectivity index (χ0) is 11.3. The third-order valence-corrected chi connectivity index (χ3v) is 2.62. The van der Waals surface area contributed by atoms with Gasteiger partial charge in [-0.1, -0.05) is 34.1 Å². The number of halogens is 1. The van der Waals surface area contributed by atoms with Crippen LogP contribution in [0.4, 0.5) is 0 Å². The normalized spacial score (nSPS) is 9.73. The summed E-state index contributed by atoms with van der Waals surface area (Å²) in [4.78, 5) is 22.0. The number of rotatable bonds is 4. The molecule has 1 N–H and O–H groups in total. The largest absolute Gasteiger partial charge is 0.349 e. The zero-order valence-electron chi connectivity index (χ0n) is 8.42. The summed E-state index contributed by atoms with van der Waals surface area (Å²) < 4.78 is 0.906. The monoisotopic (exact) mass is 269 g/mol. The van der Waals surface area contributed by atoms with E-state index in [-0.39, 0.29) is 24.7 Å². The Morgan fingerprint density at radius 3 is 2.60 bits per heavy atom. The van der Waals surface area contributed by atoms with Crippen molar-refractivity contribution in [3.05, 3.63) is 34.3 Å². The highest BCUT2D eigenvalue weighted by atomic mass is 79.9. The number of Topliss-reactive ketones (excluding diaryl/α,β-unsaturated/α-hetero) is 1. The van der Waals surface area contributed by atoms with E-state index < -0.39 is 0 Å². The van der Waals surface area contributed by atoms with E-state index in [0.717, 1.165) is 10.0 Å². The molecule has 0 unspecified atom stereocenters. The number of ketones is 1. The number of carbonyl (C=O) groups excluding carboxylic acids is 2. The Hall–Kier alpha value is -1.16. The third kappa shape index (κ3) is 4.25. The first kappa shape index (κ1) is 11.9. The summed E-state index contributed by atoms with van der Waals surface area (Å²) in [6.45, 7) is 1.54. The minimum atomic E-state index is -0.142. The first-order valence-electron chi connectivity index (χ1n) is 4.59. The first-order valence-corrected chi connectivity index (χ1v) is 5.38.